The molecule has 0 unspecified atom stereocenters. The molecule has 1 aromatic heterocycles. The van der Waals surface area contributed by atoms with Gasteiger partial charge in [-0.2, -0.15) is 0 Å². The third kappa shape index (κ3) is 5.91. The number of nitrogens with one attached hydrogen (secondary N) is 2. The molecule has 0 saturated carbocycles. The quantitative estimate of drug-likeness (QED) is 0.631. The van der Waals surface area contributed by atoms with Gasteiger partial charge >= 0.3 is 0 Å². The molecule has 1 aromatic carbocycles. The van der Waals surface area contributed by atoms with E-state index in [-0.39, 0.29) is 0 Å². The molecule has 0 aliphatic heterocycles. The predicted molar refractivity (Wildman–Crippen MR) is 96.9 cm³/mol. The van der Waals surface area contributed by atoms with E-state index in [9.17, 15) is 0 Å². The number of rotatable bonds is 6. The molecule has 0 saturated heterocycles. The smallest absolute Gasteiger partial charge is 0.191 e. The molecule has 0 fully saturated rings. The molecule has 0 radical (unpaired) electrons. The van der Waals surface area contributed by atoms with E-state index in [0.717, 1.165) is 41.7 Å². The highest BCUT2D eigenvalue weighted by Gasteiger charge is 2.01. The molecule has 0 amide bonds. The largest absolute Gasteiger partial charge is 0.357 e. The third-order valence-electron chi connectivity index (χ3n) is 3.44. The standard InChI is InChI=1S/C18H23ClN4/c1-3-20-18(23-13-17-14(2)6-5-10-21-17)22-11-9-15-7-4-8-16(19)12-15/h4-8,10,12H,3,9,11,13H2,1-2H3,(H2,20,22,23). The molecule has 0 atom stereocenters. The summed E-state index contributed by atoms with van der Waals surface area (Å²) >= 11 is 6.00. The number of guanidine groups is 1. The molecule has 2 rings (SSSR count). The molecule has 0 bridgehead atoms. The van der Waals surface area contributed by atoms with Crippen LogP contribution >= 0.6 is 11.6 Å². The van der Waals surface area contributed by atoms with Gasteiger partial charge < -0.3 is 10.6 Å². The average molecular weight is 331 g/mol. The maximum Gasteiger partial charge on any atom is 0.191 e. The Labute approximate surface area is 143 Å². The van der Waals surface area contributed by atoms with Crippen LogP contribution in [-0.2, 0) is 13.0 Å². The highest BCUT2D eigenvalue weighted by molar-refractivity contribution is 6.30. The van der Waals surface area contributed by atoms with Crippen molar-refractivity contribution in [1.29, 1.82) is 0 Å². The Kier molecular flexibility index (Phi) is 6.88. The van der Waals surface area contributed by atoms with Crippen LogP contribution < -0.4 is 10.6 Å². The zero-order valence-corrected chi connectivity index (χ0v) is 14.4. The summed E-state index contributed by atoms with van der Waals surface area (Å²) in [7, 11) is 0. The first-order valence-electron chi connectivity index (χ1n) is 7.86. The van der Waals surface area contributed by atoms with E-state index in [2.05, 4.69) is 46.6 Å². The summed E-state index contributed by atoms with van der Waals surface area (Å²) < 4.78 is 0. The van der Waals surface area contributed by atoms with Gasteiger partial charge in [0.2, 0.25) is 0 Å². The summed E-state index contributed by atoms with van der Waals surface area (Å²) in [6.45, 7) is 6.30. The van der Waals surface area contributed by atoms with E-state index in [0.29, 0.717) is 6.54 Å². The van der Waals surface area contributed by atoms with Gasteiger partial charge in [-0.15, -0.1) is 0 Å². The third-order valence-corrected chi connectivity index (χ3v) is 3.68. The molecule has 122 valence electrons. The van der Waals surface area contributed by atoms with Gasteiger partial charge in [0.15, 0.2) is 5.96 Å². The van der Waals surface area contributed by atoms with Gasteiger partial charge in [0.05, 0.1) is 12.2 Å². The van der Waals surface area contributed by atoms with Crippen molar-refractivity contribution in [1.82, 2.24) is 15.6 Å². The number of halogens is 1. The first kappa shape index (κ1) is 17.3. The molecule has 2 N–H and O–H groups in total. The fourth-order valence-electron chi connectivity index (χ4n) is 2.20. The van der Waals surface area contributed by atoms with E-state index < -0.39 is 0 Å². The van der Waals surface area contributed by atoms with Crippen LogP contribution in [0.3, 0.4) is 0 Å². The second-order valence-electron chi connectivity index (χ2n) is 5.27. The highest BCUT2D eigenvalue weighted by Crippen LogP contribution is 2.10. The van der Waals surface area contributed by atoms with Gasteiger partial charge in [-0.3, -0.25) is 4.98 Å². The number of nitrogens with zero attached hydrogens (tertiary/aromatic N) is 2. The fraction of sp³-hybridized carbons (Fsp3) is 0.333. The van der Waals surface area contributed by atoms with Crippen LogP contribution in [0.2, 0.25) is 5.02 Å². The lowest BCUT2D eigenvalue weighted by Crippen LogP contribution is -2.38. The van der Waals surface area contributed by atoms with Crippen molar-refractivity contribution in [2.75, 3.05) is 13.1 Å². The van der Waals surface area contributed by atoms with Gasteiger partial charge in [-0.25, -0.2) is 4.99 Å². The van der Waals surface area contributed by atoms with Crippen LogP contribution in [0.5, 0.6) is 0 Å². The summed E-state index contributed by atoms with van der Waals surface area (Å²) in [5, 5.41) is 7.37. The first-order valence-corrected chi connectivity index (χ1v) is 8.24. The minimum atomic E-state index is 0.569. The van der Waals surface area contributed by atoms with Crippen molar-refractivity contribution < 1.29 is 0 Å². The van der Waals surface area contributed by atoms with Gasteiger partial charge in [0.1, 0.15) is 0 Å². The van der Waals surface area contributed by atoms with Gasteiger partial charge in [0.25, 0.3) is 0 Å². The molecular formula is C18H23ClN4. The lowest BCUT2D eigenvalue weighted by atomic mass is 10.1. The number of hydrogen-bond donors (Lipinski definition) is 2. The Bertz CT molecular complexity index is 655. The molecule has 0 spiro atoms. The molecule has 0 aliphatic rings. The summed E-state index contributed by atoms with van der Waals surface area (Å²) in [4.78, 5) is 8.97. The van der Waals surface area contributed by atoms with Crippen LogP contribution in [-0.4, -0.2) is 24.0 Å². The van der Waals surface area contributed by atoms with Crippen LogP contribution in [0.15, 0.2) is 47.6 Å². The number of benzene rings is 1. The van der Waals surface area contributed by atoms with Crippen molar-refractivity contribution in [3.63, 3.8) is 0 Å². The van der Waals surface area contributed by atoms with Crippen molar-refractivity contribution in [2.24, 2.45) is 4.99 Å². The monoisotopic (exact) mass is 330 g/mol. The number of aromatic nitrogens is 1. The summed E-state index contributed by atoms with van der Waals surface area (Å²) in [5.74, 6) is 0.805. The topological polar surface area (TPSA) is 49.3 Å². The molecule has 2 aromatic rings. The van der Waals surface area contributed by atoms with Gasteiger partial charge in [0, 0.05) is 24.3 Å². The van der Waals surface area contributed by atoms with E-state index in [1.165, 1.54) is 5.56 Å². The zero-order valence-electron chi connectivity index (χ0n) is 13.6. The maximum atomic E-state index is 6.00. The maximum absolute atomic E-state index is 6.00. The van der Waals surface area contributed by atoms with Crippen molar-refractivity contribution >= 4 is 17.6 Å². The molecule has 4 nitrogen and oxygen atoms in total. The Hall–Kier alpha value is -2.07. The van der Waals surface area contributed by atoms with E-state index in [4.69, 9.17) is 11.6 Å². The van der Waals surface area contributed by atoms with E-state index >= 15 is 0 Å². The Balaban J connectivity index is 1.90. The van der Waals surface area contributed by atoms with Crippen LogP contribution in [0.25, 0.3) is 0 Å². The van der Waals surface area contributed by atoms with Crippen LogP contribution in [0.1, 0.15) is 23.7 Å². The molecule has 23 heavy (non-hydrogen) atoms. The van der Waals surface area contributed by atoms with Crippen molar-refractivity contribution in [3.8, 4) is 0 Å². The predicted octanol–water partition coefficient (Wildman–Crippen LogP) is 3.34. The molecule has 1 heterocycles. The second kappa shape index (κ2) is 9.16. The normalized spacial score (nSPS) is 11.3. The zero-order chi connectivity index (χ0) is 16.5. The minimum absolute atomic E-state index is 0.569. The number of pyridine rings is 1. The molecule has 5 heteroatoms. The van der Waals surface area contributed by atoms with Crippen LogP contribution in [0.4, 0.5) is 0 Å². The van der Waals surface area contributed by atoms with Gasteiger partial charge in [-0.1, -0.05) is 29.8 Å². The van der Waals surface area contributed by atoms with Gasteiger partial charge in [-0.05, 0) is 49.6 Å². The number of aliphatic imine (C=N–C) groups is 1. The lowest BCUT2D eigenvalue weighted by Gasteiger charge is -2.11. The molecular weight excluding hydrogens is 308 g/mol. The highest BCUT2D eigenvalue weighted by atomic mass is 35.5. The van der Waals surface area contributed by atoms with E-state index in [1.54, 1.807) is 6.20 Å². The summed E-state index contributed by atoms with van der Waals surface area (Å²) in [5.41, 5.74) is 3.37. The number of hydrogen-bond acceptors (Lipinski definition) is 2. The number of aryl methyl sites for hydroxylation is 1. The molecule has 0 aliphatic carbocycles. The van der Waals surface area contributed by atoms with Crippen molar-refractivity contribution in [2.45, 2.75) is 26.8 Å². The SMILES string of the molecule is CCNC(=NCc1ncccc1C)NCCc1cccc(Cl)c1. The Morgan fingerprint density at radius 1 is 1.22 bits per heavy atom. The summed E-state index contributed by atoms with van der Waals surface area (Å²) in [6, 6.07) is 11.9. The second-order valence-corrected chi connectivity index (χ2v) is 5.71. The minimum Gasteiger partial charge on any atom is -0.357 e. The summed E-state index contributed by atoms with van der Waals surface area (Å²) in [6.07, 6.45) is 2.70. The fourth-order valence-corrected chi connectivity index (χ4v) is 2.41. The Morgan fingerprint density at radius 2 is 2.09 bits per heavy atom. The first-order chi connectivity index (χ1) is 11.2. The average Bonchev–Trinajstić information content (AvgIpc) is 2.54. The Morgan fingerprint density at radius 3 is 2.83 bits per heavy atom. The van der Waals surface area contributed by atoms with Crippen LogP contribution in [0, 0.1) is 6.92 Å². The van der Waals surface area contributed by atoms with Crippen molar-refractivity contribution in [3.05, 3.63) is 64.4 Å². The van der Waals surface area contributed by atoms with E-state index in [1.807, 2.05) is 24.3 Å². The lowest BCUT2D eigenvalue weighted by molar-refractivity contribution is 0.796.